The fourth-order valence-corrected chi connectivity index (χ4v) is 4.99. The average Bonchev–Trinajstić information content (AvgIpc) is 2.53. The van der Waals surface area contributed by atoms with E-state index in [4.69, 9.17) is 0 Å². The van der Waals surface area contributed by atoms with Gasteiger partial charge in [0.2, 0.25) is 0 Å². The average molecular weight is 293 g/mol. The Kier molecular flexibility index (Phi) is 7.10. The Morgan fingerprint density at radius 1 is 0.619 bits per heavy atom. The normalized spacial score (nSPS) is 37.1. The Balaban J connectivity index is 1.97. The summed E-state index contributed by atoms with van der Waals surface area (Å²) in [6.45, 7) is 7.48. The number of hydrogen-bond acceptors (Lipinski definition) is 0. The summed E-state index contributed by atoms with van der Waals surface area (Å²) < 4.78 is 0. The Bertz CT molecular complexity index is 256. The molecule has 0 spiro atoms. The van der Waals surface area contributed by atoms with Crippen molar-refractivity contribution in [3.63, 3.8) is 0 Å². The second-order valence-electron chi connectivity index (χ2n) is 8.81. The van der Waals surface area contributed by atoms with Crippen LogP contribution in [-0.2, 0) is 0 Å². The first kappa shape index (κ1) is 17.4. The fourth-order valence-electron chi connectivity index (χ4n) is 4.99. The van der Waals surface area contributed by atoms with Gasteiger partial charge in [-0.05, 0) is 36.0 Å². The van der Waals surface area contributed by atoms with E-state index in [9.17, 15) is 0 Å². The lowest BCUT2D eigenvalue weighted by Gasteiger charge is -2.34. The van der Waals surface area contributed by atoms with Gasteiger partial charge in [-0.2, -0.15) is 0 Å². The third-order valence-corrected chi connectivity index (χ3v) is 7.11. The molecule has 0 aromatic carbocycles. The van der Waals surface area contributed by atoms with Crippen LogP contribution < -0.4 is 0 Å². The molecule has 0 heterocycles. The van der Waals surface area contributed by atoms with Crippen LogP contribution in [0.3, 0.4) is 0 Å². The van der Waals surface area contributed by atoms with Gasteiger partial charge in [0, 0.05) is 0 Å². The quantitative estimate of drug-likeness (QED) is 0.473. The predicted molar refractivity (Wildman–Crippen MR) is 94.6 cm³/mol. The van der Waals surface area contributed by atoms with Gasteiger partial charge in [-0.3, -0.25) is 0 Å². The number of fused-ring (bicyclic) bond motifs is 1. The van der Waals surface area contributed by atoms with Crippen LogP contribution in [0.1, 0.15) is 111 Å². The molecule has 2 aliphatic carbocycles. The van der Waals surface area contributed by atoms with E-state index < -0.39 is 0 Å². The SMILES string of the molecule is CC(C)C1(C)CCCC2CCCCCCCCC2CCC1. The Labute approximate surface area is 134 Å². The molecule has 21 heavy (non-hydrogen) atoms. The fraction of sp³-hybridized carbons (Fsp3) is 1.00. The molecule has 0 aromatic rings. The van der Waals surface area contributed by atoms with Crippen molar-refractivity contribution in [2.75, 3.05) is 0 Å². The largest absolute Gasteiger partial charge is 0.0623 e. The van der Waals surface area contributed by atoms with Crippen LogP contribution in [0.2, 0.25) is 0 Å². The van der Waals surface area contributed by atoms with Crippen LogP contribution in [0.25, 0.3) is 0 Å². The second-order valence-corrected chi connectivity index (χ2v) is 8.81. The molecular formula is C21H40. The van der Waals surface area contributed by atoms with E-state index in [0.717, 1.165) is 17.8 Å². The van der Waals surface area contributed by atoms with Gasteiger partial charge in [0.25, 0.3) is 0 Å². The van der Waals surface area contributed by atoms with E-state index in [1.807, 2.05) is 0 Å². The van der Waals surface area contributed by atoms with Crippen LogP contribution in [0.15, 0.2) is 0 Å². The maximum atomic E-state index is 2.57. The molecule has 0 nitrogen and oxygen atoms in total. The van der Waals surface area contributed by atoms with Crippen LogP contribution >= 0.6 is 0 Å². The van der Waals surface area contributed by atoms with E-state index in [1.54, 1.807) is 12.8 Å². The summed E-state index contributed by atoms with van der Waals surface area (Å²) >= 11 is 0. The summed E-state index contributed by atoms with van der Waals surface area (Å²) in [5, 5.41) is 0. The molecule has 2 fully saturated rings. The van der Waals surface area contributed by atoms with Gasteiger partial charge in [0.05, 0.1) is 0 Å². The Hall–Kier alpha value is 0. The first-order valence-corrected chi connectivity index (χ1v) is 10.1. The van der Waals surface area contributed by atoms with E-state index in [1.165, 1.54) is 77.0 Å². The van der Waals surface area contributed by atoms with Crippen molar-refractivity contribution in [2.24, 2.45) is 23.2 Å². The lowest BCUT2D eigenvalue weighted by Crippen LogP contribution is -2.23. The molecule has 0 aromatic heterocycles. The molecular weight excluding hydrogens is 252 g/mol. The monoisotopic (exact) mass is 292 g/mol. The maximum absolute atomic E-state index is 2.57. The van der Waals surface area contributed by atoms with Gasteiger partial charge in [-0.15, -0.1) is 0 Å². The molecule has 124 valence electrons. The zero-order valence-electron chi connectivity index (χ0n) is 15.1. The van der Waals surface area contributed by atoms with Crippen molar-refractivity contribution in [1.82, 2.24) is 0 Å². The van der Waals surface area contributed by atoms with Gasteiger partial charge in [-0.1, -0.05) is 97.8 Å². The van der Waals surface area contributed by atoms with Crippen molar-refractivity contribution in [2.45, 2.75) is 111 Å². The lowest BCUT2D eigenvalue weighted by atomic mass is 9.72. The van der Waals surface area contributed by atoms with E-state index in [2.05, 4.69) is 20.8 Å². The van der Waals surface area contributed by atoms with Crippen molar-refractivity contribution >= 4 is 0 Å². The zero-order chi connectivity index (χ0) is 15.1. The highest BCUT2D eigenvalue weighted by atomic mass is 14.4. The lowest BCUT2D eigenvalue weighted by molar-refractivity contribution is 0.172. The third kappa shape index (κ3) is 5.29. The van der Waals surface area contributed by atoms with E-state index in [0.29, 0.717) is 5.41 Å². The summed E-state index contributed by atoms with van der Waals surface area (Å²) in [5.74, 6) is 2.99. The van der Waals surface area contributed by atoms with Crippen molar-refractivity contribution in [3.05, 3.63) is 0 Å². The molecule has 2 rings (SSSR count). The summed E-state index contributed by atoms with van der Waals surface area (Å²) in [6.07, 6.45) is 21.2. The molecule has 0 saturated heterocycles. The van der Waals surface area contributed by atoms with Gasteiger partial charge in [-0.25, -0.2) is 0 Å². The molecule has 2 unspecified atom stereocenters. The minimum Gasteiger partial charge on any atom is -0.0623 e. The van der Waals surface area contributed by atoms with Crippen molar-refractivity contribution in [1.29, 1.82) is 0 Å². The number of rotatable bonds is 1. The Morgan fingerprint density at radius 2 is 1.00 bits per heavy atom. The van der Waals surface area contributed by atoms with Crippen LogP contribution in [0.4, 0.5) is 0 Å². The van der Waals surface area contributed by atoms with Gasteiger partial charge in [0.15, 0.2) is 0 Å². The first-order chi connectivity index (χ1) is 10.1. The molecule has 0 amide bonds. The third-order valence-electron chi connectivity index (χ3n) is 7.11. The molecule has 0 heteroatoms. The molecule has 0 bridgehead atoms. The summed E-state index contributed by atoms with van der Waals surface area (Å²) in [6, 6.07) is 0. The number of hydrogen-bond donors (Lipinski definition) is 0. The highest BCUT2D eigenvalue weighted by Gasteiger charge is 2.31. The molecule has 0 aliphatic heterocycles. The minimum absolute atomic E-state index is 0.618. The van der Waals surface area contributed by atoms with Crippen LogP contribution in [0, 0.1) is 23.2 Å². The molecule has 2 saturated carbocycles. The Morgan fingerprint density at radius 3 is 1.43 bits per heavy atom. The molecule has 0 radical (unpaired) electrons. The van der Waals surface area contributed by atoms with Gasteiger partial charge < -0.3 is 0 Å². The zero-order valence-corrected chi connectivity index (χ0v) is 15.1. The minimum atomic E-state index is 0.618. The van der Waals surface area contributed by atoms with E-state index >= 15 is 0 Å². The molecule has 0 N–H and O–H groups in total. The van der Waals surface area contributed by atoms with Crippen LogP contribution in [-0.4, -0.2) is 0 Å². The first-order valence-electron chi connectivity index (χ1n) is 10.1. The maximum Gasteiger partial charge on any atom is -0.0303 e. The summed E-state index contributed by atoms with van der Waals surface area (Å²) in [4.78, 5) is 0. The van der Waals surface area contributed by atoms with Gasteiger partial charge in [0.1, 0.15) is 0 Å². The van der Waals surface area contributed by atoms with E-state index in [-0.39, 0.29) is 0 Å². The topological polar surface area (TPSA) is 0 Å². The van der Waals surface area contributed by atoms with Crippen molar-refractivity contribution in [3.8, 4) is 0 Å². The highest BCUT2D eigenvalue weighted by Crippen LogP contribution is 2.43. The highest BCUT2D eigenvalue weighted by molar-refractivity contribution is 4.82. The molecule has 2 aliphatic rings. The van der Waals surface area contributed by atoms with Crippen molar-refractivity contribution < 1.29 is 0 Å². The van der Waals surface area contributed by atoms with Crippen LogP contribution in [0.5, 0.6) is 0 Å². The summed E-state index contributed by atoms with van der Waals surface area (Å²) in [7, 11) is 0. The standard InChI is InChI=1S/C21H40/c1-18(2)21(3)16-10-14-19-12-8-6-4-5-7-9-13-20(19)15-11-17-21/h18-20H,4-17H2,1-3H3. The van der Waals surface area contributed by atoms with Gasteiger partial charge >= 0.3 is 0 Å². The second kappa shape index (κ2) is 8.59. The molecule has 2 atom stereocenters. The summed E-state index contributed by atoms with van der Waals surface area (Å²) in [5.41, 5.74) is 0.618. The smallest absolute Gasteiger partial charge is 0.0303 e. The predicted octanol–water partition coefficient (Wildman–Crippen LogP) is 7.37.